The number of aromatic nitrogens is 2. The first-order chi connectivity index (χ1) is 10.4. The lowest BCUT2D eigenvalue weighted by atomic mass is 10.1. The standard InChI is InChI=1S/C20H30N2.2H2O/c1-15-11-17(3)21(18(4)12-15)9-7-8-10-22-19(5)13-16(2)14-20(22)6;;/h11-14H,7-10H2,1-6H3;2*1H2/q+2;;/p-2. The summed E-state index contributed by atoms with van der Waals surface area (Å²) in [4.78, 5) is 0. The summed E-state index contributed by atoms with van der Waals surface area (Å²) in [7, 11) is 0. The van der Waals surface area contributed by atoms with Gasteiger partial charge in [0.25, 0.3) is 0 Å². The second-order valence-electron chi connectivity index (χ2n) is 6.64. The molecule has 0 aliphatic rings. The summed E-state index contributed by atoms with van der Waals surface area (Å²) in [6, 6.07) is 9.10. The van der Waals surface area contributed by atoms with Gasteiger partial charge in [-0.15, -0.1) is 0 Å². The van der Waals surface area contributed by atoms with Crippen LogP contribution in [0.2, 0.25) is 0 Å². The molecule has 0 unspecified atom stereocenters. The van der Waals surface area contributed by atoms with E-state index in [4.69, 9.17) is 0 Å². The summed E-state index contributed by atoms with van der Waals surface area (Å²) in [6.07, 6.45) is 2.43. The van der Waals surface area contributed by atoms with Crippen LogP contribution in [-0.4, -0.2) is 11.0 Å². The molecule has 2 aromatic heterocycles. The van der Waals surface area contributed by atoms with Gasteiger partial charge in [0.05, 0.1) is 0 Å². The Kier molecular flexibility index (Phi) is 8.80. The molecule has 0 spiro atoms. The number of unbranched alkanes of at least 4 members (excludes halogenated alkanes) is 1. The van der Waals surface area contributed by atoms with E-state index in [1.807, 2.05) is 0 Å². The quantitative estimate of drug-likeness (QED) is 0.623. The van der Waals surface area contributed by atoms with E-state index in [0.29, 0.717) is 0 Å². The van der Waals surface area contributed by atoms with Crippen LogP contribution in [0, 0.1) is 41.5 Å². The first kappa shape index (κ1) is 22.2. The van der Waals surface area contributed by atoms with Crippen molar-refractivity contribution >= 4 is 0 Å². The second-order valence-corrected chi connectivity index (χ2v) is 6.64. The molecule has 0 radical (unpaired) electrons. The van der Waals surface area contributed by atoms with E-state index in [1.165, 1.54) is 46.7 Å². The zero-order valence-corrected chi connectivity index (χ0v) is 15.9. The molecule has 0 saturated heterocycles. The number of hydrogen-bond acceptors (Lipinski definition) is 2. The average Bonchev–Trinajstić information content (AvgIpc) is 2.38. The maximum atomic E-state index is 2.44. The fourth-order valence-corrected chi connectivity index (χ4v) is 3.51. The van der Waals surface area contributed by atoms with E-state index in [-0.39, 0.29) is 11.0 Å². The smallest absolute Gasteiger partial charge is 0.178 e. The van der Waals surface area contributed by atoms with Crippen LogP contribution in [0.15, 0.2) is 24.3 Å². The molecule has 4 heteroatoms. The van der Waals surface area contributed by atoms with Crippen LogP contribution >= 0.6 is 0 Å². The Morgan fingerprint density at radius 3 is 1.04 bits per heavy atom. The van der Waals surface area contributed by atoms with Crippen molar-refractivity contribution in [2.45, 2.75) is 67.5 Å². The van der Waals surface area contributed by atoms with Crippen molar-refractivity contribution in [3.63, 3.8) is 0 Å². The predicted octanol–water partition coefficient (Wildman–Crippen LogP) is 3.24. The number of hydrogen-bond donors (Lipinski definition) is 0. The van der Waals surface area contributed by atoms with Gasteiger partial charge in [-0.05, 0) is 25.0 Å². The Morgan fingerprint density at radius 2 is 0.792 bits per heavy atom. The van der Waals surface area contributed by atoms with Crippen LogP contribution < -0.4 is 9.13 Å². The zero-order chi connectivity index (χ0) is 16.3. The fourth-order valence-electron chi connectivity index (χ4n) is 3.51. The van der Waals surface area contributed by atoms with Gasteiger partial charge in [-0.3, -0.25) is 0 Å². The minimum atomic E-state index is 0. The van der Waals surface area contributed by atoms with E-state index < -0.39 is 0 Å². The van der Waals surface area contributed by atoms with Crippen molar-refractivity contribution in [1.29, 1.82) is 0 Å². The Bertz CT molecular complexity index is 576. The lowest BCUT2D eigenvalue weighted by Gasteiger charge is -2.07. The van der Waals surface area contributed by atoms with Crippen LogP contribution in [-0.2, 0) is 13.1 Å². The number of nitrogens with zero attached hydrogens (tertiary/aromatic N) is 2. The SMILES string of the molecule is Cc1cc(C)[n+](CCCC[n+]2c(C)cc(C)cc2C)c(C)c1.[OH-].[OH-]. The van der Waals surface area contributed by atoms with Crippen molar-refractivity contribution in [3.05, 3.63) is 58.2 Å². The molecule has 0 amide bonds. The maximum absolute atomic E-state index is 2.44. The van der Waals surface area contributed by atoms with Gasteiger partial charge >= 0.3 is 0 Å². The summed E-state index contributed by atoms with van der Waals surface area (Å²) < 4.78 is 4.87. The van der Waals surface area contributed by atoms with Crippen LogP contribution in [0.3, 0.4) is 0 Å². The molecule has 24 heavy (non-hydrogen) atoms. The van der Waals surface area contributed by atoms with Crippen molar-refractivity contribution in [2.24, 2.45) is 0 Å². The highest BCUT2D eigenvalue weighted by atomic mass is 16.0. The molecule has 0 bridgehead atoms. The molecule has 0 aliphatic carbocycles. The van der Waals surface area contributed by atoms with Crippen LogP contribution in [0.4, 0.5) is 0 Å². The number of aryl methyl sites for hydroxylation is 6. The Morgan fingerprint density at radius 1 is 0.542 bits per heavy atom. The molecule has 2 heterocycles. The summed E-state index contributed by atoms with van der Waals surface area (Å²) in [6.45, 7) is 15.4. The number of rotatable bonds is 5. The Balaban J connectivity index is 0.00000264. The van der Waals surface area contributed by atoms with Crippen molar-refractivity contribution in [3.8, 4) is 0 Å². The molecule has 0 saturated carbocycles. The van der Waals surface area contributed by atoms with Crippen molar-refractivity contribution in [2.75, 3.05) is 0 Å². The molecule has 2 aromatic rings. The molecular weight excluding hydrogens is 300 g/mol. The lowest BCUT2D eigenvalue weighted by Crippen LogP contribution is -2.42. The van der Waals surface area contributed by atoms with Crippen LogP contribution in [0.5, 0.6) is 0 Å². The molecule has 0 fully saturated rings. The van der Waals surface area contributed by atoms with E-state index in [1.54, 1.807) is 0 Å². The Labute approximate surface area is 146 Å². The minimum absolute atomic E-state index is 0. The zero-order valence-electron chi connectivity index (χ0n) is 15.9. The second kappa shape index (κ2) is 9.50. The van der Waals surface area contributed by atoms with Gasteiger partial charge < -0.3 is 11.0 Å². The minimum Gasteiger partial charge on any atom is -0.870 e. The van der Waals surface area contributed by atoms with Gasteiger partial charge in [-0.25, -0.2) is 9.13 Å². The van der Waals surface area contributed by atoms with Crippen molar-refractivity contribution < 1.29 is 20.1 Å². The number of pyridine rings is 2. The van der Waals surface area contributed by atoms with Crippen LogP contribution in [0.25, 0.3) is 0 Å². The van der Waals surface area contributed by atoms with Gasteiger partial charge in [-0.1, -0.05) is 0 Å². The molecule has 4 nitrogen and oxygen atoms in total. The van der Waals surface area contributed by atoms with Gasteiger partial charge in [0.2, 0.25) is 0 Å². The average molecular weight is 332 g/mol. The van der Waals surface area contributed by atoms with Gasteiger partial charge in [0, 0.05) is 64.8 Å². The highest BCUT2D eigenvalue weighted by Crippen LogP contribution is 2.05. The predicted molar refractivity (Wildman–Crippen MR) is 94.8 cm³/mol. The third kappa shape index (κ3) is 5.39. The maximum Gasteiger partial charge on any atom is 0.178 e. The lowest BCUT2D eigenvalue weighted by molar-refractivity contribution is -0.719. The molecule has 0 atom stereocenters. The third-order valence-corrected chi connectivity index (χ3v) is 4.46. The largest absolute Gasteiger partial charge is 0.870 e. The monoisotopic (exact) mass is 332 g/mol. The molecule has 134 valence electrons. The summed E-state index contributed by atoms with van der Waals surface area (Å²) in [5.41, 5.74) is 8.18. The van der Waals surface area contributed by atoms with E-state index in [9.17, 15) is 0 Å². The van der Waals surface area contributed by atoms with Gasteiger partial charge in [-0.2, -0.15) is 0 Å². The van der Waals surface area contributed by atoms with E-state index in [2.05, 4.69) is 74.9 Å². The Hall–Kier alpha value is -1.78. The van der Waals surface area contributed by atoms with Crippen molar-refractivity contribution in [1.82, 2.24) is 0 Å². The summed E-state index contributed by atoms with van der Waals surface area (Å²) >= 11 is 0. The van der Waals surface area contributed by atoms with Gasteiger partial charge in [0.1, 0.15) is 13.1 Å². The topological polar surface area (TPSA) is 67.8 Å². The summed E-state index contributed by atoms with van der Waals surface area (Å²) in [5, 5.41) is 0. The summed E-state index contributed by atoms with van der Waals surface area (Å²) in [5.74, 6) is 0. The van der Waals surface area contributed by atoms with Gasteiger partial charge in [0.15, 0.2) is 22.8 Å². The molecule has 2 rings (SSSR count). The fraction of sp³-hybridized carbons (Fsp3) is 0.500. The molecule has 2 N–H and O–H groups in total. The molecule has 0 aliphatic heterocycles. The van der Waals surface area contributed by atoms with E-state index in [0.717, 1.165) is 13.1 Å². The van der Waals surface area contributed by atoms with Crippen LogP contribution in [0.1, 0.15) is 46.7 Å². The molecular formula is C20H32N2O2. The first-order valence-corrected chi connectivity index (χ1v) is 8.34. The van der Waals surface area contributed by atoms with E-state index >= 15 is 0 Å². The highest BCUT2D eigenvalue weighted by molar-refractivity contribution is 5.14. The molecule has 0 aromatic carbocycles. The highest BCUT2D eigenvalue weighted by Gasteiger charge is 2.14. The normalized spacial score (nSPS) is 10.1. The third-order valence-electron chi connectivity index (χ3n) is 4.46. The first-order valence-electron chi connectivity index (χ1n) is 8.34.